The van der Waals surface area contributed by atoms with Gasteiger partial charge in [0.15, 0.2) is 4.34 Å². The molecule has 0 aliphatic carbocycles. The van der Waals surface area contributed by atoms with Crippen molar-refractivity contribution in [1.29, 1.82) is 0 Å². The van der Waals surface area contributed by atoms with E-state index in [0.29, 0.717) is 10.1 Å². The molecule has 112 valence electrons. The number of benzene rings is 1. The standard InChI is InChI=1S/C12H12ClN3O2S3/c1-7(14-11(19-2)6-16(17)18)20-12-15-9-5-8(13)3-4-10(9)21-12/h3-5,7H,6H2,1-2H3. The van der Waals surface area contributed by atoms with Crippen LogP contribution >= 0.6 is 46.5 Å². The molecule has 0 saturated heterocycles. The molecule has 2 rings (SSSR count). The predicted octanol–water partition coefficient (Wildman–Crippen LogP) is 4.43. The molecule has 21 heavy (non-hydrogen) atoms. The molecule has 0 N–H and O–H groups in total. The van der Waals surface area contributed by atoms with Crippen molar-refractivity contribution < 1.29 is 4.92 Å². The number of rotatable bonds is 5. The lowest BCUT2D eigenvalue weighted by molar-refractivity contribution is -0.462. The highest BCUT2D eigenvalue weighted by Gasteiger charge is 2.12. The highest BCUT2D eigenvalue weighted by Crippen LogP contribution is 2.33. The number of nitro groups is 1. The third-order valence-corrected chi connectivity index (χ3v) is 5.48. The second-order valence-corrected chi connectivity index (χ2v) is 7.94. The Kier molecular flexibility index (Phi) is 5.86. The van der Waals surface area contributed by atoms with Crippen LogP contribution in [0.1, 0.15) is 6.92 Å². The van der Waals surface area contributed by atoms with E-state index in [9.17, 15) is 10.1 Å². The van der Waals surface area contributed by atoms with Crippen molar-refractivity contribution in [3.05, 3.63) is 33.3 Å². The molecule has 0 amide bonds. The smallest absolute Gasteiger partial charge is 0.251 e. The van der Waals surface area contributed by atoms with Gasteiger partial charge in [-0.3, -0.25) is 15.1 Å². The summed E-state index contributed by atoms with van der Waals surface area (Å²) in [5.41, 5.74) is 0.863. The quantitative estimate of drug-likeness (QED) is 0.259. The number of hydrogen-bond donors (Lipinski definition) is 0. The Hall–Kier alpha value is -0.830. The predicted molar refractivity (Wildman–Crippen MR) is 92.8 cm³/mol. The summed E-state index contributed by atoms with van der Waals surface area (Å²) in [7, 11) is 0. The van der Waals surface area contributed by atoms with E-state index < -0.39 is 0 Å². The Morgan fingerprint density at radius 3 is 3.05 bits per heavy atom. The average molecular weight is 362 g/mol. The maximum atomic E-state index is 10.5. The second kappa shape index (κ2) is 7.44. The molecule has 1 aromatic heterocycles. The molecule has 1 aromatic carbocycles. The second-order valence-electron chi connectivity index (χ2n) is 4.03. The van der Waals surface area contributed by atoms with Gasteiger partial charge in [-0.1, -0.05) is 23.4 Å². The van der Waals surface area contributed by atoms with Crippen LogP contribution in [0.25, 0.3) is 10.2 Å². The van der Waals surface area contributed by atoms with Crippen molar-refractivity contribution in [3.63, 3.8) is 0 Å². The molecule has 1 heterocycles. The van der Waals surface area contributed by atoms with Crippen molar-refractivity contribution in [2.75, 3.05) is 12.8 Å². The molecule has 0 aliphatic heterocycles. The van der Waals surface area contributed by atoms with E-state index in [0.717, 1.165) is 14.6 Å². The van der Waals surface area contributed by atoms with E-state index in [-0.39, 0.29) is 16.8 Å². The summed E-state index contributed by atoms with van der Waals surface area (Å²) < 4.78 is 1.94. The van der Waals surface area contributed by atoms with Crippen molar-refractivity contribution in [2.24, 2.45) is 4.99 Å². The summed E-state index contributed by atoms with van der Waals surface area (Å²) in [6.07, 6.45) is 1.79. The third kappa shape index (κ3) is 4.84. The summed E-state index contributed by atoms with van der Waals surface area (Å²) in [5.74, 6) is 0. The molecule has 5 nitrogen and oxygen atoms in total. The molecule has 2 aromatic rings. The normalized spacial score (nSPS) is 13.6. The Morgan fingerprint density at radius 2 is 2.38 bits per heavy atom. The van der Waals surface area contributed by atoms with Crippen molar-refractivity contribution in [2.45, 2.75) is 16.6 Å². The number of nitrogens with zero attached hydrogens (tertiary/aromatic N) is 3. The number of aliphatic imine (C=N–C) groups is 1. The maximum Gasteiger partial charge on any atom is 0.251 e. The number of hydrogen-bond acceptors (Lipinski definition) is 7. The van der Waals surface area contributed by atoms with Gasteiger partial charge in [-0.15, -0.1) is 23.1 Å². The number of thiazole rings is 1. The topological polar surface area (TPSA) is 68.4 Å². The van der Waals surface area contributed by atoms with Crippen LogP contribution in [0.15, 0.2) is 27.5 Å². The molecular weight excluding hydrogens is 350 g/mol. The third-order valence-electron chi connectivity index (χ3n) is 2.43. The SMILES string of the molecule is CSC(C[N+](=O)[O-])=NC(C)Sc1nc2cc(Cl)ccc2s1. The van der Waals surface area contributed by atoms with Gasteiger partial charge in [0.1, 0.15) is 10.4 Å². The molecule has 1 atom stereocenters. The first kappa shape index (κ1) is 16.5. The zero-order chi connectivity index (χ0) is 15.4. The molecule has 1 unspecified atom stereocenters. The van der Waals surface area contributed by atoms with E-state index >= 15 is 0 Å². The van der Waals surface area contributed by atoms with E-state index in [1.807, 2.05) is 25.1 Å². The Balaban J connectivity index is 2.11. The maximum absolute atomic E-state index is 10.5. The zero-order valence-electron chi connectivity index (χ0n) is 11.3. The van der Waals surface area contributed by atoms with Gasteiger partial charge in [0.2, 0.25) is 0 Å². The molecule has 0 bridgehead atoms. The Bertz CT molecular complexity index is 689. The molecule has 0 radical (unpaired) electrons. The molecule has 0 aliphatic rings. The number of thioether (sulfide) groups is 2. The van der Waals surface area contributed by atoms with Gasteiger partial charge in [-0.2, -0.15) is 0 Å². The first-order valence-corrected chi connectivity index (χ1v) is 9.23. The largest absolute Gasteiger partial charge is 0.264 e. The molecule has 0 fully saturated rings. The van der Waals surface area contributed by atoms with Crippen molar-refractivity contribution >= 4 is 61.7 Å². The zero-order valence-corrected chi connectivity index (χ0v) is 14.5. The summed E-state index contributed by atoms with van der Waals surface area (Å²) >= 11 is 10.3. The van der Waals surface area contributed by atoms with Crippen LogP contribution in [0.4, 0.5) is 0 Å². The fourth-order valence-electron chi connectivity index (χ4n) is 1.57. The van der Waals surface area contributed by atoms with Crippen molar-refractivity contribution in [3.8, 4) is 0 Å². The van der Waals surface area contributed by atoms with Gasteiger partial charge < -0.3 is 0 Å². The lowest BCUT2D eigenvalue weighted by Gasteiger charge is -2.05. The highest BCUT2D eigenvalue weighted by atomic mass is 35.5. The van der Waals surface area contributed by atoms with Crippen LogP contribution < -0.4 is 0 Å². The summed E-state index contributed by atoms with van der Waals surface area (Å²) in [5, 5.41) is 11.6. The van der Waals surface area contributed by atoms with Gasteiger partial charge >= 0.3 is 0 Å². The highest BCUT2D eigenvalue weighted by molar-refractivity contribution is 8.13. The van der Waals surface area contributed by atoms with E-state index in [4.69, 9.17) is 11.6 Å². The summed E-state index contributed by atoms with van der Waals surface area (Å²) in [4.78, 5) is 19.0. The van der Waals surface area contributed by atoms with Crippen LogP contribution in [0.2, 0.25) is 5.02 Å². The summed E-state index contributed by atoms with van der Waals surface area (Å²) in [6, 6.07) is 5.60. The van der Waals surface area contributed by atoms with Gasteiger partial charge in [0.05, 0.1) is 10.2 Å². The number of fused-ring (bicyclic) bond motifs is 1. The summed E-state index contributed by atoms with van der Waals surface area (Å²) in [6.45, 7) is 1.67. The molecule has 0 spiro atoms. The molecule has 0 saturated carbocycles. The lowest BCUT2D eigenvalue weighted by atomic mass is 10.3. The van der Waals surface area contributed by atoms with Gasteiger partial charge in [-0.25, -0.2) is 4.98 Å². The molecular formula is C12H12ClN3O2S3. The number of aromatic nitrogens is 1. The van der Waals surface area contributed by atoms with E-state index in [1.54, 1.807) is 17.6 Å². The Labute approximate surface area is 139 Å². The van der Waals surface area contributed by atoms with Crippen LogP contribution in [0.3, 0.4) is 0 Å². The number of halogens is 1. The molecule has 9 heteroatoms. The minimum Gasteiger partial charge on any atom is -0.264 e. The van der Waals surface area contributed by atoms with E-state index in [2.05, 4.69) is 9.98 Å². The van der Waals surface area contributed by atoms with Crippen molar-refractivity contribution in [1.82, 2.24) is 4.98 Å². The van der Waals surface area contributed by atoms with E-state index in [1.165, 1.54) is 23.5 Å². The first-order chi connectivity index (χ1) is 9.97. The van der Waals surface area contributed by atoms with Crippen LogP contribution in [-0.4, -0.2) is 33.1 Å². The fraction of sp³-hybridized carbons (Fsp3) is 0.333. The lowest BCUT2D eigenvalue weighted by Crippen LogP contribution is -2.12. The van der Waals surface area contributed by atoms with Crippen LogP contribution in [-0.2, 0) is 0 Å². The average Bonchev–Trinajstić information content (AvgIpc) is 2.78. The van der Waals surface area contributed by atoms with Gasteiger partial charge in [-0.05, 0) is 31.4 Å². The van der Waals surface area contributed by atoms with Crippen LogP contribution in [0, 0.1) is 10.1 Å². The minimum absolute atomic E-state index is 0.122. The van der Waals surface area contributed by atoms with Gasteiger partial charge in [0.25, 0.3) is 6.54 Å². The first-order valence-electron chi connectivity index (χ1n) is 5.93. The minimum atomic E-state index is -0.369. The Morgan fingerprint density at radius 1 is 1.62 bits per heavy atom. The fourth-order valence-corrected chi connectivity index (χ4v) is 4.48. The monoisotopic (exact) mass is 361 g/mol. The van der Waals surface area contributed by atoms with Crippen LogP contribution in [0.5, 0.6) is 0 Å². The van der Waals surface area contributed by atoms with Gasteiger partial charge in [0, 0.05) is 9.95 Å².